The Morgan fingerprint density at radius 1 is 1.00 bits per heavy atom. The van der Waals surface area contributed by atoms with Crippen molar-refractivity contribution in [3.63, 3.8) is 0 Å². The lowest BCUT2D eigenvalue weighted by Crippen LogP contribution is -2.14. The van der Waals surface area contributed by atoms with E-state index in [2.05, 4.69) is 9.97 Å². The molecular formula is C14H25N3O4. The van der Waals surface area contributed by atoms with Gasteiger partial charge in [-0.05, 0) is 5.92 Å². The summed E-state index contributed by atoms with van der Waals surface area (Å²) in [5, 5.41) is 0. The first kappa shape index (κ1) is 17.6. The Balaban J connectivity index is 2.20. The fourth-order valence-electron chi connectivity index (χ4n) is 1.71. The summed E-state index contributed by atoms with van der Waals surface area (Å²) in [6, 6.07) is 0. The largest absolute Gasteiger partial charge is 0.475 e. The van der Waals surface area contributed by atoms with Crippen molar-refractivity contribution in [2.75, 3.05) is 52.5 Å². The van der Waals surface area contributed by atoms with Crippen LogP contribution in [0.3, 0.4) is 0 Å². The van der Waals surface area contributed by atoms with Crippen LogP contribution in [0.25, 0.3) is 0 Å². The highest BCUT2D eigenvalue weighted by Gasteiger charge is 2.13. The van der Waals surface area contributed by atoms with E-state index in [1.54, 1.807) is 7.11 Å². The molecule has 1 heterocycles. The van der Waals surface area contributed by atoms with Crippen LogP contribution in [-0.2, 0) is 14.2 Å². The zero-order valence-corrected chi connectivity index (χ0v) is 13.0. The van der Waals surface area contributed by atoms with Crippen molar-refractivity contribution < 1.29 is 18.9 Å². The van der Waals surface area contributed by atoms with Crippen molar-refractivity contribution in [2.24, 2.45) is 0 Å². The summed E-state index contributed by atoms with van der Waals surface area (Å²) >= 11 is 0. The average molecular weight is 299 g/mol. The summed E-state index contributed by atoms with van der Waals surface area (Å²) in [7, 11) is 1.64. The SMILES string of the molecule is COCCOCCOCCOc1ncnc(N)c1C(C)C. The van der Waals surface area contributed by atoms with Crippen molar-refractivity contribution >= 4 is 5.82 Å². The molecule has 21 heavy (non-hydrogen) atoms. The number of anilines is 1. The minimum atomic E-state index is 0.205. The van der Waals surface area contributed by atoms with Crippen LogP contribution < -0.4 is 10.5 Å². The van der Waals surface area contributed by atoms with E-state index in [0.29, 0.717) is 51.3 Å². The second-order valence-corrected chi connectivity index (χ2v) is 4.70. The molecule has 0 bridgehead atoms. The zero-order valence-electron chi connectivity index (χ0n) is 13.0. The fraction of sp³-hybridized carbons (Fsp3) is 0.714. The van der Waals surface area contributed by atoms with Gasteiger partial charge in [-0.15, -0.1) is 0 Å². The standard InChI is InChI=1S/C14H25N3O4/c1-11(2)12-13(15)16-10-17-14(12)21-9-8-20-7-6-19-5-4-18-3/h10-11H,4-9H2,1-3H3,(H2,15,16,17). The molecule has 0 aromatic carbocycles. The van der Waals surface area contributed by atoms with Gasteiger partial charge in [-0.25, -0.2) is 9.97 Å². The highest BCUT2D eigenvalue weighted by Crippen LogP contribution is 2.27. The monoisotopic (exact) mass is 299 g/mol. The second kappa shape index (κ2) is 10.3. The third-order valence-corrected chi connectivity index (χ3v) is 2.73. The van der Waals surface area contributed by atoms with Crippen LogP contribution >= 0.6 is 0 Å². The molecule has 0 spiro atoms. The quantitative estimate of drug-likeness (QED) is 0.615. The number of aromatic nitrogens is 2. The van der Waals surface area contributed by atoms with Gasteiger partial charge in [0.1, 0.15) is 18.8 Å². The first-order chi connectivity index (χ1) is 10.2. The van der Waals surface area contributed by atoms with E-state index in [4.69, 9.17) is 24.7 Å². The van der Waals surface area contributed by atoms with E-state index in [-0.39, 0.29) is 5.92 Å². The molecule has 7 heteroatoms. The van der Waals surface area contributed by atoms with Crippen molar-refractivity contribution in [3.8, 4) is 5.88 Å². The molecule has 1 aromatic heterocycles. The normalized spacial score (nSPS) is 11.0. The molecule has 0 atom stereocenters. The predicted molar refractivity (Wildman–Crippen MR) is 79.5 cm³/mol. The smallest absolute Gasteiger partial charge is 0.222 e. The lowest BCUT2D eigenvalue weighted by molar-refractivity contribution is 0.0175. The van der Waals surface area contributed by atoms with Crippen LogP contribution in [0.4, 0.5) is 5.82 Å². The van der Waals surface area contributed by atoms with E-state index < -0.39 is 0 Å². The molecule has 0 aliphatic carbocycles. The molecule has 0 saturated heterocycles. The first-order valence-corrected chi connectivity index (χ1v) is 7.04. The molecule has 7 nitrogen and oxygen atoms in total. The van der Waals surface area contributed by atoms with E-state index >= 15 is 0 Å². The Labute approximate surface area is 125 Å². The van der Waals surface area contributed by atoms with Crippen LogP contribution in [0.1, 0.15) is 25.3 Å². The molecule has 120 valence electrons. The number of hydrogen-bond acceptors (Lipinski definition) is 7. The van der Waals surface area contributed by atoms with Crippen LogP contribution in [0.15, 0.2) is 6.33 Å². The van der Waals surface area contributed by atoms with Gasteiger partial charge in [-0.2, -0.15) is 0 Å². The highest BCUT2D eigenvalue weighted by molar-refractivity contribution is 5.46. The number of hydrogen-bond donors (Lipinski definition) is 1. The lowest BCUT2D eigenvalue weighted by Gasteiger charge is -2.14. The number of methoxy groups -OCH3 is 1. The van der Waals surface area contributed by atoms with Gasteiger partial charge >= 0.3 is 0 Å². The maximum absolute atomic E-state index is 5.84. The summed E-state index contributed by atoms with van der Waals surface area (Å²) in [6.07, 6.45) is 1.40. The van der Waals surface area contributed by atoms with Crippen molar-refractivity contribution in [1.29, 1.82) is 0 Å². The van der Waals surface area contributed by atoms with E-state index in [1.807, 2.05) is 13.8 Å². The second-order valence-electron chi connectivity index (χ2n) is 4.70. The van der Waals surface area contributed by atoms with Crippen LogP contribution in [-0.4, -0.2) is 56.7 Å². The minimum Gasteiger partial charge on any atom is -0.475 e. The number of nitrogens with two attached hydrogens (primary N) is 1. The van der Waals surface area contributed by atoms with Gasteiger partial charge < -0.3 is 24.7 Å². The van der Waals surface area contributed by atoms with Gasteiger partial charge in [0.05, 0.1) is 38.6 Å². The Kier molecular flexibility index (Phi) is 8.65. The summed E-state index contributed by atoms with van der Waals surface area (Å²) in [4.78, 5) is 8.10. The Hall–Kier alpha value is -1.44. The van der Waals surface area contributed by atoms with E-state index in [1.165, 1.54) is 6.33 Å². The predicted octanol–water partition coefficient (Wildman–Crippen LogP) is 1.24. The third kappa shape index (κ3) is 6.70. The maximum atomic E-state index is 5.84. The molecule has 0 radical (unpaired) electrons. The van der Waals surface area contributed by atoms with Gasteiger partial charge in [0.2, 0.25) is 5.88 Å². The molecule has 0 unspecified atom stereocenters. The molecule has 2 N–H and O–H groups in total. The lowest BCUT2D eigenvalue weighted by atomic mass is 10.1. The Morgan fingerprint density at radius 2 is 1.62 bits per heavy atom. The third-order valence-electron chi connectivity index (χ3n) is 2.73. The van der Waals surface area contributed by atoms with E-state index in [0.717, 1.165) is 5.56 Å². The van der Waals surface area contributed by atoms with Gasteiger partial charge in [-0.1, -0.05) is 13.8 Å². The van der Waals surface area contributed by atoms with Crippen LogP contribution in [0, 0.1) is 0 Å². The molecule has 1 rings (SSSR count). The summed E-state index contributed by atoms with van der Waals surface area (Å²) in [5.41, 5.74) is 6.68. The van der Waals surface area contributed by atoms with Crippen molar-refractivity contribution in [3.05, 3.63) is 11.9 Å². The molecule has 0 amide bonds. The van der Waals surface area contributed by atoms with Crippen molar-refractivity contribution in [2.45, 2.75) is 19.8 Å². The molecule has 0 saturated carbocycles. The van der Waals surface area contributed by atoms with E-state index in [9.17, 15) is 0 Å². The Morgan fingerprint density at radius 3 is 2.24 bits per heavy atom. The number of ether oxygens (including phenoxy) is 4. The zero-order chi connectivity index (χ0) is 15.5. The van der Waals surface area contributed by atoms with Crippen LogP contribution in [0.5, 0.6) is 5.88 Å². The van der Waals surface area contributed by atoms with Crippen LogP contribution in [0.2, 0.25) is 0 Å². The van der Waals surface area contributed by atoms with Gasteiger partial charge in [-0.3, -0.25) is 0 Å². The molecule has 0 aliphatic heterocycles. The number of rotatable bonds is 11. The molecular weight excluding hydrogens is 274 g/mol. The highest BCUT2D eigenvalue weighted by atomic mass is 16.6. The topological polar surface area (TPSA) is 88.7 Å². The average Bonchev–Trinajstić information content (AvgIpc) is 2.45. The summed E-state index contributed by atoms with van der Waals surface area (Å²) in [6.45, 7) is 7.16. The number of nitrogens with zero attached hydrogens (tertiary/aromatic N) is 2. The first-order valence-electron chi connectivity index (χ1n) is 7.04. The summed E-state index contributed by atoms with van der Waals surface area (Å²) in [5.74, 6) is 1.19. The molecule has 0 fully saturated rings. The number of nitrogen functional groups attached to an aromatic ring is 1. The van der Waals surface area contributed by atoms with Gasteiger partial charge in [0, 0.05) is 7.11 Å². The maximum Gasteiger partial charge on any atom is 0.222 e. The fourth-order valence-corrected chi connectivity index (χ4v) is 1.71. The molecule has 1 aromatic rings. The minimum absolute atomic E-state index is 0.205. The van der Waals surface area contributed by atoms with Gasteiger partial charge in [0.15, 0.2) is 0 Å². The molecule has 0 aliphatic rings. The summed E-state index contributed by atoms with van der Waals surface area (Å²) < 4.78 is 21.2. The van der Waals surface area contributed by atoms with Crippen molar-refractivity contribution in [1.82, 2.24) is 9.97 Å². The van der Waals surface area contributed by atoms with Gasteiger partial charge in [0.25, 0.3) is 0 Å². The Bertz CT molecular complexity index is 402.